The molecule has 118 valence electrons. The van der Waals surface area contributed by atoms with Crippen molar-refractivity contribution < 1.29 is 23.1 Å². The molecule has 0 aromatic carbocycles. The van der Waals surface area contributed by atoms with Crippen molar-refractivity contribution in [1.29, 1.82) is 0 Å². The van der Waals surface area contributed by atoms with Gasteiger partial charge in [0.15, 0.2) is 0 Å². The lowest BCUT2D eigenvalue weighted by atomic mass is 10.1. The number of rotatable bonds is 5. The highest BCUT2D eigenvalue weighted by atomic mass is 79.9. The molecule has 1 aromatic heterocycles. The third kappa shape index (κ3) is 3.65. The van der Waals surface area contributed by atoms with Crippen LogP contribution in [0.2, 0.25) is 0 Å². The standard InChI is InChI=1S/C12H16BrNO5S2/c1-2-19-8-3-5-14(6-4-8)21(17,18)10-7-9(12(15)16)20-11(10)13/h7-8H,2-6H2,1H3,(H,15,16). The number of thiophene rings is 1. The fourth-order valence-electron chi connectivity index (χ4n) is 2.25. The SMILES string of the molecule is CCOC1CCN(S(=O)(=O)c2cc(C(=O)O)sc2Br)CC1. The van der Waals surface area contributed by atoms with Crippen molar-refractivity contribution in [3.63, 3.8) is 0 Å². The third-order valence-electron chi connectivity index (χ3n) is 3.29. The number of nitrogens with zero attached hydrogens (tertiary/aromatic N) is 1. The molecule has 0 aliphatic carbocycles. The summed E-state index contributed by atoms with van der Waals surface area (Å²) < 4.78 is 32.4. The second kappa shape index (κ2) is 6.74. The van der Waals surface area contributed by atoms with E-state index in [1.807, 2.05) is 6.92 Å². The molecule has 1 aliphatic rings. The summed E-state index contributed by atoms with van der Waals surface area (Å²) in [6, 6.07) is 1.21. The molecule has 0 saturated carbocycles. The lowest BCUT2D eigenvalue weighted by Crippen LogP contribution is -2.40. The van der Waals surface area contributed by atoms with E-state index < -0.39 is 16.0 Å². The highest BCUT2D eigenvalue weighted by molar-refractivity contribution is 9.11. The van der Waals surface area contributed by atoms with Crippen LogP contribution in [0.4, 0.5) is 0 Å². The number of hydrogen-bond acceptors (Lipinski definition) is 5. The molecule has 1 aromatic rings. The van der Waals surface area contributed by atoms with Gasteiger partial charge in [0.2, 0.25) is 10.0 Å². The van der Waals surface area contributed by atoms with Crippen molar-refractivity contribution in [2.75, 3.05) is 19.7 Å². The molecule has 0 amide bonds. The first-order valence-corrected chi connectivity index (χ1v) is 9.55. The molecule has 2 heterocycles. The summed E-state index contributed by atoms with van der Waals surface area (Å²) in [4.78, 5) is 11.0. The minimum absolute atomic E-state index is 0.00431. The normalized spacial score (nSPS) is 18.0. The summed E-state index contributed by atoms with van der Waals surface area (Å²) in [5.41, 5.74) is 0. The fraction of sp³-hybridized carbons (Fsp3) is 0.583. The lowest BCUT2D eigenvalue weighted by molar-refractivity contribution is 0.0290. The summed E-state index contributed by atoms with van der Waals surface area (Å²) in [5, 5.41) is 8.96. The summed E-state index contributed by atoms with van der Waals surface area (Å²) in [7, 11) is -3.67. The number of carbonyl (C=O) groups is 1. The van der Waals surface area contributed by atoms with Gasteiger partial charge in [-0.15, -0.1) is 11.3 Å². The number of carboxylic acids is 1. The molecule has 0 unspecified atom stereocenters. The molecule has 1 N–H and O–H groups in total. The van der Waals surface area contributed by atoms with Crippen molar-refractivity contribution >= 4 is 43.3 Å². The van der Waals surface area contributed by atoms with E-state index in [1.165, 1.54) is 10.4 Å². The van der Waals surface area contributed by atoms with E-state index in [0.29, 0.717) is 36.3 Å². The van der Waals surface area contributed by atoms with Crippen molar-refractivity contribution in [3.05, 3.63) is 14.7 Å². The molecule has 1 aliphatic heterocycles. The van der Waals surface area contributed by atoms with E-state index in [2.05, 4.69) is 15.9 Å². The van der Waals surface area contributed by atoms with Crippen LogP contribution in [0.15, 0.2) is 14.7 Å². The van der Waals surface area contributed by atoms with Gasteiger partial charge in [-0.2, -0.15) is 4.31 Å². The van der Waals surface area contributed by atoms with Crippen LogP contribution in [0.1, 0.15) is 29.4 Å². The monoisotopic (exact) mass is 397 g/mol. The van der Waals surface area contributed by atoms with Gasteiger partial charge in [-0.25, -0.2) is 13.2 Å². The highest BCUT2D eigenvalue weighted by Crippen LogP contribution is 2.34. The summed E-state index contributed by atoms with van der Waals surface area (Å²) in [5.74, 6) is -1.13. The maximum absolute atomic E-state index is 12.6. The predicted octanol–water partition coefficient (Wildman–Crippen LogP) is 2.40. The molecule has 0 atom stereocenters. The number of aromatic carboxylic acids is 1. The van der Waals surface area contributed by atoms with E-state index in [4.69, 9.17) is 9.84 Å². The summed E-state index contributed by atoms with van der Waals surface area (Å²) >= 11 is 4.06. The Morgan fingerprint density at radius 3 is 2.62 bits per heavy atom. The number of sulfonamides is 1. The maximum atomic E-state index is 12.6. The summed E-state index contributed by atoms with van der Waals surface area (Å²) in [6.07, 6.45) is 1.41. The van der Waals surface area contributed by atoms with E-state index in [9.17, 15) is 13.2 Å². The zero-order chi connectivity index (χ0) is 15.6. The number of halogens is 1. The Labute approximate surface area is 135 Å². The van der Waals surface area contributed by atoms with Crippen LogP contribution in [-0.2, 0) is 14.8 Å². The first kappa shape index (κ1) is 16.9. The Bertz CT molecular complexity index is 620. The molecular weight excluding hydrogens is 382 g/mol. The second-order valence-corrected chi connectivity index (χ2v) is 8.89. The Morgan fingerprint density at radius 2 is 2.14 bits per heavy atom. The van der Waals surface area contributed by atoms with Gasteiger partial charge in [0, 0.05) is 19.7 Å². The van der Waals surface area contributed by atoms with Crippen molar-refractivity contribution in [1.82, 2.24) is 4.31 Å². The van der Waals surface area contributed by atoms with Crippen LogP contribution in [0.3, 0.4) is 0 Å². The number of carboxylic acid groups (broad SMARTS) is 1. The Balaban J connectivity index is 2.18. The van der Waals surface area contributed by atoms with Crippen LogP contribution in [0, 0.1) is 0 Å². The van der Waals surface area contributed by atoms with Gasteiger partial charge in [-0.1, -0.05) is 0 Å². The summed E-state index contributed by atoms with van der Waals surface area (Å²) in [6.45, 7) is 3.31. The lowest BCUT2D eigenvalue weighted by Gasteiger charge is -2.30. The smallest absolute Gasteiger partial charge is 0.345 e. The van der Waals surface area contributed by atoms with Crippen LogP contribution in [0.5, 0.6) is 0 Å². The topological polar surface area (TPSA) is 83.9 Å². The Kier molecular flexibility index (Phi) is 5.42. The van der Waals surface area contributed by atoms with E-state index in [1.54, 1.807) is 0 Å². The second-order valence-electron chi connectivity index (χ2n) is 4.61. The van der Waals surface area contributed by atoms with E-state index in [0.717, 1.165) is 11.3 Å². The fourth-order valence-corrected chi connectivity index (χ4v) is 6.07. The molecule has 2 rings (SSSR count). The van der Waals surface area contributed by atoms with Gasteiger partial charge in [-0.05, 0) is 41.8 Å². The van der Waals surface area contributed by atoms with E-state index in [-0.39, 0.29) is 15.9 Å². The molecule has 0 spiro atoms. The maximum Gasteiger partial charge on any atom is 0.345 e. The quantitative estimate of drug-likeness (QED) is 0.824. The molecule has 21 heavy (non-hydrogen) atoms. The largest absolute Gasteiger partial charge is 0.477 e. The zero-order valence-electron chi connectivity index (χ0n) is 11.4. The van der Waals surface area contributed by atoms with Crippen LogP contribution in [0.25, 0.3) is 0 Å². The average Bonchev–Trinajstić information content (AvgIpc) is 2.83. The van der Waals surface area contributed by atoms with Gasteiger partial charge in [0.1, 0.15) is 9.77 Å². The predicted molar refractivity (Wildman–Crippen MR) is 82.4 cm³/mol. The zero-order valence-corrected chi connectivity index (χ0v) is 14.6. The third-order valence-corrected chi connectivity index (χ3v) is 7.43. The van der Waals surface area contributed by atoms with Gasteiger partial charge in [0.05, 0.1) is 9.89 Å². The number of piperidine rings is 1. The van der Waals surface area contributed by atoms with Crippen molar-refractivity contribution in [2.24, 2.45) is 0 Å². The first-order chi connectivity index (χ1) is 9.86. The molecule has 0 radical (unpaired) electrons. The molecule has 1 saturated heterocycles. The Hall–Kier alpha value is -0.480. The van der Waals surface area contributed by atoms with Crippen molar-refractivity contribution in [2.45, 2.75) is 30.8 Å². The molecular formula is C12H16BrNO5S2. The highest BCUT2D eigenvalue weighted by Gasteiger charge is 2.32. The minimum Gasteiger partial charge on any atom is -0.477 e. The van der Waals surface area contributed by atoms with Gasteiger partial charge >= 0.3 is 5.97 Å². The van der Waals surface area contributed by atoms with Gasteiger partial charge in [0.25, 0.3) is 0 Å². The van der Waals surface area contributed by atoms with Crippen LogP contribution in [-0.4, -0.2) is 49.6 Å². The molecule has 6 nitrogen and oxygen atoms in total. The number of hydrogen-bond donors (Lipinski definition) is 1. The average molecular weight is 398 g/mol. The molecule has 9 heteroatoms. The Morgan fingerprint density at radius 1 is 1.52 bits per heavy atom. The first-order valence-electron chi connectivity index (χ1n) is 6.50. The minimum atomic E-state index is -3.67. The van der Waals surface area contributed by atoms with Crippen molar-refractivity contribution in [3.8, 4) is 0 Å². The van der Waals surface area contributed by atoms with Crippen LogP contribution >= 0.6 is 27.3 Å². The molecule has 0 bridgehead atoms. The van der Waals surface area contributed by atoms with E-state index >= 15 is 0 Å². The van der Waals surface area contributed by atoms with Crippen LogP contribution < -0.4 is 0 Å². The van der Waals surface area contributed by atoms with Gasteiger partial charge in [-0.3, -0.25) is 0 Å². The van der Waals surface area contributed by atoms with Gasteiger partial charge < -0.3 is 9.84 Å². The molecule has 1 fully saturated rings. The number of ether oxygens (including phenoxy) is 1.